The maximum atomic E-state index is 14.8. The molecule has 2 aromatic rings. The van der Waals surface area contributed by atoms with Gasteiger partial charge in [0.15, 0.2) is 6.61 Å². The van der Waals surface area contributed by atoms with Crippen molar-refractivity contribution >= 4 is 11.6 Å². The van der Waals surface area contributed by atoms with E-state index in [1.54, 1.807) is 24.3 Å². The molecule has 0 bridgehead atoms. The van der Waals surface area contributed by atoms with Crippen LogP contribution in [-0.2, 0) is 4.79 Å². The summed E-state index contributed by atoms with van der Waals surface area (Å²) in [5.41, 5.74) is -3.69. The number of alkyl halides is 7. The van der Waals surface area contributed by atoms with Crippen molar-refractivity contribution < 1.29 is 45.4 Å². The first-order valence-corrected chi connectivity index (χ1v) is 12.0. The molecule has 2 aromatic carbocycles. The van der Waals surface area contributed by atoms with Crippen LogP contribution in [0.25, 0.3) is 0 Å². The van der Waals surface area contributed by atoms with Crippen LogP contribution < -0.4 is 4.74 Å². The molecule has 206 valence electrons. The van der Waals surface area contributed by atoms with Crippen LogP contribution in [0, 0.1) is 0 Å². The van der Waals surface area contributed by atoms with Crippen molar-refractivity contribution in [3.8, 4) is 5.75 Å². The number of amides is 1. The molecule has 1 heterocycles. The summed E-state index contributed by atoms with van der Waals surface area (Å²) < 4.78 is 102. The highest BCUT2D eigenvalue weighted by Gasteiger charge is 2.82. The lowest BCUT2D eigenvalue weighted by Gasteiger charge is -2.41. The second kappa shape index (κ2) is 10.2. The van der Waals surface area contributed by atoms with Crippen molar-refractivity contribution in [2.45, 2.75) is 68.2 Å². The fourth-order valence-corrected chi connectivity index (χ4v) is 4.75. The largest absolute Gasteiger partial charge is 0.484 e. The zero-order chi connectivity index (χ0) is 27.8. The Morgan fingerprint density at radius 2 is 1.55 bits per heavy atom. The van der Waals surface area contributed by atoms with Crippen LogP contribution in [-0.4, -0.2) is 52.1 Å². The van der Waals surface area contributed by atoms with E-state index < -0.39 is 53.4 Å². The van der Waals surface area contributed by atoms with E-state index in [1.807, 2.05) is 0 Å². The van der Waals surface area contributed by atoms with Crippen molar-refractivity contribution in [2.24, 2.45) is 5.10 Å². The zero-order valence-corrected chi connectivity index (χ0v) is 20.0. The highest BCUT2D eigenvalue weighted by molar-refractivity contribution is 6.03. The number of benzene rings is 2. The van der Waals surface area contributed by atoms with E-state index in [0.717, 1.165) is 31.2 Å². The maximum Gasteiger partial charge on any atom is 0.460 e. The molecule has 1 saturated carbocycles. The van der Waals surface area contributed by atoms with Crippen molar-refractivity contribution in [2.75, 3.05) is 6.61 Å². The van der Waals surface area contributed by atoms with Gasteiger partial charge in [0.1, 0.15) is 5.75 Å². The molecule has 4 rings (SSSR count). The first kappa shape index (κ1) is 27.9. The SMILES string of the molecule is O=C(COc1ccc(C2CCCCC2)cc1)N1N=C(c2ccccc2)C[C@@]1(O)C(F)(F)C(F)(F)C(F)(F)F. The van der Waals surface area contributed by atoms with Crippen molar-refractivity contribution in [1.82, 2.24) is 5.01 Å². The molecule has 1 fully saturated rings. The lowest BCUT2D eigenvalue weighted by molar-refractivity contribution is -0.401. The minimum atomic E-state index is -6.72. The van der Waals surface area contributed by atoms with Crippen molar-refractivity contribution in [3.05, 3.63) is 65.7 Å². The first-order chi connectivity index (χ1) is 17.8. The Balaban J connectivity index is 1.57. The number of ether oxygens (including phenoxy) is 1. The summed E-state index contributed by atoms with van der Waals surface area (Å²) >= 11 is 0. The number of hydrogen-bond acceptors (Lipinski definition) is 4. The third-order valence-corrected chi connectivity index (χ3v) is 6.90. The number of carbonyl (C=O) groups is 1. The highest BCUT2D eigenvalue weighted by Crippen LogP contribution is 2.54. The Morgan fingerprint density at radius 1 is 0.947 bits per heavy atom. The number of nitrogens with zero attached hydrogens (tertiary/aromatic N) is 2. The van der Waals surface area contributed by atoms with E-state index in [9.17, 15) is 40.6 Å². The molecule has 12 heteroatoms. The number of carbonyl (C=O) groups excluding carboxylic acids is 1. The monoisotopic (exact) mass is 546 g/mol. The van der Waals surface area contributed by atoms with E-state index in [4.69, 9.17) is 4.74 Å². The number of halogens is 7. The van der Waals surface area contributed by atoms with Gasteiger partial charge < -0.3 is 9.84 Å². The molecule has 1 N–H and O–H groups in total. The Morgan fingerprint density at radius 3 is 2.13 bits per heavy atom. The molecule has 38 heavy (non-hydrogen) atoms. The minimum absolute atomic E-state index is 0.0477. The lowest BCUT2D eigenvalue weighted by atomic mass is 9.84. The van der Waals surface area contributed by atoms with Gasteiger partial charge in [0, 0.05) is 6.42 Å². The number of hydrazone groups is 1. The van der Waals surface area contributed by atoms with Gasteiger partial charge in [-0.05, 0) is 42.0 Å². The summed E-state index contributed by atoms with van der Waals surface area (Å²) in [4.78, 5) is 12.8. The standard InChI is InChI=1S/C26H25F7N2O3/c27-24(28,25(29,30)26(31,32)33)23(37)15-21(19-9-5-2-6-10-19)34-35(23)22(36)16-38-20-13-11-18(12-14-20)17-7-3-1-4-8-17/h2,5-6,9-14,17,37H,1,3-4,7-8,15-16H2/t23-/m1/s1. The van der Waals surface area contributed by atoms with E-state index >= 15 is 0 Å². The predicted octanol–water partition coefficient (Wildman–Crippen LogP) is 6.27. The Hall–Kier alpha value is -3.15. The number of hydrogen-bond donors (Lipinski definition) is 1. The van der Waals surface area contributed by atoms with E-state index in [0.29, 0.717) is 5.92 Å². The third kappa shape index (κ3) is 4.97. The van der Waals surface area contributed by atoms with Crippen LogP contribution in [0.2, 0.25) is 0 Å². The van der Waals surface area contributed by atoms with E-state index in [-0.39, 0.29) is 11.3 Å². The topological polar surface area (TPSA) is 62.1 Å². The van der Waals surface area contributed by atoms with Crippen LogP contribution >= 0.6 is 0 Å². The molecule has 0 radical (unpaired) electrons. The Kier molecular flexibility index (Phi) is 7.48. The van der Waals surface area contributed by atoms with Gasteiger partial charge in [-0.1, -0.05) is 61.7 Å². The van der Waals surface area contributed by atoms with Crippen LogP contribution in [0.5, 0.6) is 5.75 Å². The molecule has 0 aromatic heterocycles. The summed E-state index contributed by atoms with van der Waals surface area (Å²) in [6.07, 6.45) is -2.73. The van der Waals surface area contributed by atoms with Crippen molar-refractivity contribution in [1.29, 1.82) is 0 Å². The molecule has 0 saturated heterocycles. The second-order valence-electron chi connectivity index (χ2n) is 9.45. The Bertz CT molecular complexity index is 1160. The fraction of sp³-hybridized carbons (Fsp3) is 0.462. The third-order valence-electron chi connectivity index (χ3n) is 6.90. The molecule has 1 atom stereocenters. The molecule has 1 aliphatic heterocycles. The summed E-state index contributed by atoms with van der Waals surface area (Å²) in [5, 5.41) is 13.8. The van der Waals surface area contributed by atoms with Gasteiger partial charge in [-0.3, -0.25) is 4.79 Å². The molecule has 1 aliphatic carbocycles. The smallest absolute Gasteiger partial charge is 0.460 e. The van der Waals surface area contributed by atoms with Gasteiger partial charge in [-0.15, -0.1) is 0 Å². The average Bonchev–Trinajstić information content (AvgIpc) is 3.27. The molecule has 2 aliphatic rings. The summed E-state index contributed by atoms with van der Waals surface area (Å²) in [7, 11) is 0. The molecular weight excluding hydrogens is 521 g/mol. The molecule has 0 unspecified atom stereocenters. The quantitative estimate of drug-likeness (QED) is 0.417. The summed E-state index contributed by atoms with van der Waals surface area (Å²) in [6.45, 7) is -1.05. The number of rotatable bonds is 7. The molecule has 1 amide bonds. The predicted molar refractivity (Wildman–Crippen MR) is 123 cm³/mol. The van der Waals surface area contributed by atoms with Crippen LogP contribution in [0.1, 0.15) is 55.6 Å². The zero-order valence-electron chi connectivity index (χ0n) is 20.0. The van der Waals surface area contributed by atoms with Gasteiger partial charge in [-0.25, -0.2) is 0 Å². The highest BCUT2D eigenvalue weighted by atomic mass is 19.4. The minimum Gasteiger partial charge on any atom is -0.484 e. The lowest BCUT2D eigenvalue weighted by Crippen LogP contribution is -2.69. The van der Waals surface area contributed by atoms with Crippen LogP contribution in [0.15, 0.2) is 59.7 Å². The normalized spacial score (nSPS) is 21.4. The van der Waals surface area contributed by atoms with Crippen LogP contribution in [0.4, 0.5) is 30.7 Å². The van der Waals surface area contributed by atoms with Gasteiger partial charge in [0.2, 0.25) is 5.72 Å². The molecule has 5 nitrogen and oxygen atoms in total. The van der Waals surface area contributed by atoms with Gasteiger partial charge in [0.05, 0.1) is 5.71 Å². The fourth-order valence-electron chi connectivity index (χ4n) is 4.75. The van der Waals surface area contributed by atoms with E-state index in [1.165, 1.54) is 36.8 Å². The van der Waals surface area contributed by atoms with Crippen LogP contribution in [0.3, 0.4) is 0 Å². The molecular formula is C26H25F7N2O3. The van der Waals surface area contributed by atoms with Gasteiger partial charge >= 0.3 is 18.0 Å². The first-order valence-electron chi connectivity index (χ1n) is 12.0. The van der Waals surface area contributed by atoms with Gasteiger partial charge in [-0.2, -0.15) is 40.8 Å². The van der Waals surface area contributed by atoms with Gasteiger partial charge in [0.25, 0.3) is 5.91 Å². The second-order valence-corrected chi connectivity index (χ2v) is 9.45. The maximum absolute atomic E-state index is 14.8. The molecule has 0 spiro atoms. The Labute approximate surface area is 213 Å². The number of aliphatic hydroxyl groups is 1. The average molecular weight is 546 g/mol. The summed E-state index contributed by atoms with van der Waals surface area (Å²) in [5.74, 6) is -13.9. The van der Waals surface area contributed by atoms with E-state index in [2.05, 4.69) is 5.10 Å². The van der Waals surface area contributed by atoms with Crippen molar-refractivity contribution in [3.63, 3.8) is 0 Å². The summed E-state index contributed by atoms with van der Waals surface area (Å²) in [6, 6.07) is 13.7.